The number of benzene rings is 2. The van der Waals surface area contributed by atoms with E-state index in [-0.39, 0.29) is 23.1 Å². The maximum absolute atomic E-state index is 12.2. The molecule has 144 valence electrons. The summed E-state index contributed by atoms with van der Waals surface area (Å²) in [6, 6.07) is 16.4. The minimum Gasteiger partial charge on any atom is -0.504 e. The van der Waals surface area contributed by atoms with E-state index in [9.17, 15) is 14.7 Å². The summed E-state index contributed by atoms with van der Waals surface area (Å²) in [4.78, 5) is 24.1. The number of hydrogen-bond donors (Lipinski definition) is 3. The van der Waals surface area contributed by atoms with E-state index >= 15 is 0 Å². The third-order valence-electron chi connectivity index (χ3n) is 3.64. The van der Waals surface area contributed by atoms with Crippen molar-refractivity contribution >= 4 is 35.2 Å². The van der Waals surface area contributed by atoms with Gasteiger partial charge >= 0.3 is 0 Å². The second-order valence-electron chi connectivity index (χ2n) is 5.77. The van der Waals surface area contributed by atoms with Crippen LogP contribution < -0.4 is 10.9 Å². The first kappa shape index (κ1) is 19.8. The van der Waals surface area contributed by atoms with Crippen LogP contribution >= 0.6 is 23.4 Å². The Bertz CT molecular complexity index is 978. The lowest BCUT2D eigenvalue weighted by Gasteiger charge is -2.06. The molecule has 0 atom stereocenters. The van der Waals surface area contributed by atoms with E-state index in [0.717, 1.165) is 5.56 Å². The third kappa shape index (κ3) is 5.28. The summed E-state index contributed by atoms with van der Waals surface area (Å²) in [6.45, 7) is 0. The fourth-order valence-electron chi connectivity index (χ4n) is 2.35. The summed E-state index contributed by atoms with van der Waals surface area (Å²) < 4.78 is 1.38. The molecule has 0 aliphatic carbocycles. The zero-order valence-electron chi connectivity index (χ0n) is 14.6. The highest BCUT2D eigenvalue weighted by Crippen LogP contribution is 2.18. The molecule has 0 unspecified atom stereocenters. The Morgan fingerprint density at radius 3 is 2.64 bits per heavy atom. The van der Waals surface area contributed by atoms with Crippen molar-refractivity contribution < 1.29 is 14.7 Å². The molecule has 9 heteroatoms. The maximum Gasteiger partial charge on any atom is 0.294 e. The van der Waals surface area contributed by atoms with Gasteiger partial charge in [-0.2, -0.15) is 5.10 Å². The summed E-state index contributed by atoms with van der Waals surface area (Å²) in [5.74, 6) is -0.602. The number of amides is 2. The zero-order chi connectivity index (χ0) is 19.9. The van der Waals surface area contributed by atoms with E-state index in [1.165, 1.54) is 22.6 Å². The van der Waals surface area contributed by atoms with Crippen LogP contribution in [0, 0.1) is 0 Å². The van der Waals surface area contributed by atoms with Gasteiger partial charge in [-0.05, 0) is 29.8 Å². The molecule has 3 N–H and O–H groups in total. The molecule has 7 nitrogen and oxygen atoms in total. The van der Waals surface area contributed by atoms with Crippen LogP contribution in [0.15, 0.2) is 60.8 Å². The molecule has 3 aromatic rings. The smallest absolute Gasteiger partial charge is 0.294 e. The number of carbonyl (C=O) groups is 2. The monoisotopic (exact) mass is 416 g/mol. The van der Waals surface area contributed by atoms with Crippen molar-refractivity contribution in [3.63, 3.8) is 0 Å². The predicted octanol–water partition coefficient (Wildman–Crippen LogP) is 2.93. The first-order valence-electron chi connectivity index (χ1n) is 8.28. The molecule has 28 heavy (non-hydrogen) atoms. The van der Waals surface area contributed by atoms with Gasteiger partial charge in [-0.3, -0.25) is 20.4 Å². The normalized spacial score (nSPS) is 10.5. The van der Waals surface area contributed by atoms with Crippen LogP contribution in [0.5, 0.6) is 5.75 Å². The van der Waals surface area contributed by atoms with Crippen molar-refractivity contribution in [3.05, 3.63) is 77.1 Å². The fourth-order valence-corrected chi connectivity index (χ4v) is 3.34. The highest BCUT2D eigenvalue weighted by Gasteiger charge is 2.17. The average Bonchev–Trinajstić information content (AvgIpc) is 3.09. The van der Waals surface area contributed by atoms with E-state index in [1.54, 1.807) is 18.2 Å². The number of thioether (sulfide) groups is 1. The Morgan fingerprint density at radius 1 is 1.11 bits per heavy atom. The number of halogens is 1. The molecule has 3 rings (SSSR count). The topological polar surface area (TPSA) is 96.3 Å². The van der Waals surface area contributed by atoms with Crippen molar-refractivity contribution in [2.45, 2.75) is 5.75 Å². The van der Waals surface area contributed by atoms with Crippen LogP contribution in [-0.4, -0.2) is 32.5 Å². The van der Waals surface area contributed by atoms with Gasteiger partial charge in [0.15, 0.2) is 11.4 Å². The predicted molar refractivity (Wildman–Crippen MR) is 108 cm³/mol. The van der Waals surface area contributed by atoms with E-state index < -0.39 is 5.91 Å². The molecular weight excluding hydrogens is 400 g/mol. The SMILES string of the molecule is O=C(CSCc1cccc(Cl)c1)NNC(=O)c1nn(-c2ccccc2)cc1O. The van der Waals surface area contributed by atoms with E-state index in [4.69, 9.17) is 11.6 Å². The van der Waals surface area contributed by atoms with Crippen molar-refractivity contribution in [2.75, 3.05) is 5.75 Å². The number of rotatable bonds is 6. The lowest BCUT2D eigenvalue weighted by Crippen LogP contribution is -2.42. The number of aromatic nitrogens is 2. The first-order valence-corrected chi connectivity index (χ1v) is 9.81. The molecule has 1 heterocycles. The minimum atomic E-state index is -0.708. The Kier molecular flexibility index (Phi) is 6.57. The van der Waals surface area contributed by atoms with E-state index in [2.05, 4.69) is 16.0 Å². The quantitative estimate of drug-likeness (QED) is 0.537. The Morgan fingerprint density at radius 2 is 1.89 bits per heavy atom. The molecular formula is C19H17ClN4O3S. The molecule has 0 fully saturated rings. The molecule has 0 bridgehead atoms. The molecule has 0 spiro atoms. The van der Waals surface area contributed by atoms with E-state index in [0.29, 0.717) is 16.5 Å². The minimum absolute atomic E-state index is 0.150. The van der Waals surface area contributed by atoms with Crippen molar-refractivity contribution in [3.8, 4) is 11.4 Å². The Hall–Kier alpha value is -2.97. The molecule has 0 aliphatic heterocycles. The van der Waals surface area contributed by atoms with Crippen molar-refractivity contribution in [1.82, 2.24) is 20.6 Å². The highest BCUT2D eigenvalue weighted by molar-refractivity contribution is 7.99. The standard InChI is InChI=1S/C19H17ClN4O3S/c20-14-6-4-5-13(9-14)11-28-12-17(26)21-22-19(27)18-16(25)10-24(23-18)15-7-2-1-3-8-15/h1-10,25H,11-12H2,(H,21,26)(H,22,27). The third-order valence-corrected chi connectivity index (χ3v) is 4.88. The van der Waals surface area contributed by atoms with E-state index in [1.807, 2.05) is 36.4 Å². The maximum atomic E-state index is 12.2. The van der Waals surface area contributed by atoms with Gasteiger partial charge in [0.25, 0.3) is 5.91 Å². The van der Waals surface area contributed by atoms with Crippen LogP contribution in [0.25, 0.3) is 5.69 Å². The molecule has 0 aliphatic rings. The van der Waals surface area contributed by atoms with Crippen molar-refractivity contribution in [2.24, 2.45) is 0 Å². The van der Waals surface area contributed by atoms with Crippen LogP contribution in [0.3, 0.4) is 0 Å². The lowest BCUT2D eigenvalue weighted by atomic mass is 10.2. The Labute approximate surface area is 170 Å². The summed E-state index contributed by atoms with van der Waals surface area (Å²) >= 11 is 7.30. The number of hydrazine groups is 1. The summed E-state index contributed by atoms with van der Waals surface area (Å²) in [5.41, 5.74) is 6.08. The lowest BCUT2D eigenvalue weighted by molar-refractivity contribution is -0.119. The largest absolute Gasteiger partial charge is 0.504 e. The second kappa shape index (κ2) is 9.29. The van der Waals surface area contributed by atoms with Crippen molar-refractivity contribution in [1.29, 1.82) is 0 Å². The van der Waals surface area contributed by atoms with Crippen LogP contribution in [0.4, 0.5) is 0 Å². The van der Waals surface area contributed by atoms with Gasteiger partial charge in [-0.25, -0.2) is 4.68 Å². The number of carbonyl (C=O) groups excluding carboxylic acids is 2. The molecule has 0 saturated carbocycles. The van der Waals surface area contributed by atoms with Gasteiger partial charge in [-0.1, -0.05) is 41.9 Å². The van der Waals surface area contributed by atoms with Gasteiger partial charge < -0.3 is 5.11 Å². The number of para-hydroxylation sites is 1. The Balaban J connectivity index is 1.48. The number of nitrogens with one attached hydrogen (secondary N) is 2. The zero-order valence-corrected chi connectivity index (χ0v) is 16.2. The average molecular weight is 417 g/mol. The van der Waals surface area contributed by atoms with Crippen LogP contribution in [-0.2, 0) is 10.5 Å². The van der Waals surface area contributed by atoms with Gasteiger partial charge in [-0.15, -0.1) is 11.8 Å². The van der Waals surface area contributed by atoms with Gasteiger partial charge in [0, 0.05) is 10.8 Å². The molecule has 2 aromatic carbocycles. The van der Waals surface area contributed by atoms with Gasteiger partial charge in [0.2, 0.25) is 5.91 Å². The summed E-state index contributed by atoms with van der Waals surface area (Å²) in [7, 11) is 0. The summed E-state index contributed by atoms with van der Waals surface area (Å²) in [5, 5.41) is 14.6. The van der Waals surface area contributed by atoms with Gasteiger partial charge in [0.1, 0.15) is 0 Å². The molecule has 1 aromatic heterocycles. The molecule has 0 radical (unpaired) electrons. The highest BCUT2D eigenvalue weighted by atomic mass is 35.5. The first-order chi connectivity index (χ1) is 13.5. The van der Waals surface area contributed by atoms with Crippen LogP contribution in [0.1, 0.15) is 16.1 Å². The number of aromatic hydroxyl groups is 1. The van der Waals surface area contributed by atoms with Gasteiger partial charge in [0.05, 0.1) is 17.6 Å². The second-order valence-corrected chi connectivity index (χ2v) is 7.19. The summed E-state index contributed by atoms with van der Waals surface area (Å²) in [6.07, 6.45) is 1.33. The number of hydrogen-bond acceptors (Lipinski definition) is 5. The molecule has 2 amide bonds. The molecule has 0 saturated heterocycles. The fraction of sp³-hybridized carbons (Fsp3) is 0.105. The number of nitrogens with zero attached hydrogens (tertiary/aromatic N) is 2. The van der Waals surface area contributed by atoms with Crippen LogP contribution in [0.2, 0.25) is 5.02 Å².